The monoisotopic (exact) mass is 365 g/mol. The second kappa shape index (κ2) is 7.02. The number of carbonyl (C=O) groups excluding carboxylic acids is 1. The summed E-state index contributed by atoms with van der Waals surface area (Å²) >= 11 is 3.28. The van der Waals surface area contributed by atoms with E-state index in [0.29, 0.717) is 11.3 Å². The molecule has 0 aromatic heterocycles. The van der Waals surface area contributed by atoms with Crippen molar-refractivity contribution in [1.29, 1.82) is 0 Å². The van der Waals surface area contributed by atoms with Gasteiger partial charge in [0.15, 0.2) is 0 Å². The second-order valence-corrected chi connectivity index (χ2v) is 6.79. The molecular formula is C11H16BrN3O4S. The Morgan fingerprint density at radius 2 is 2.05 bits per heavy atom. The second-order valence-electron chi connectivity index (χ2n) is 4.23. The maximum absolute atomic E-state index is 11.6. The summed E-state index contributed by atoms with van der Waals surface area (Å²) in [5.74, 6) is 0. The molecule has 0 bridgehead atoms. The number of nitrogens with one attached hydrogen (secondary N) is 2. The summed E-state index contributed by atoms with van der Waals surface area (Å²) in [5.41, 5.74) is 3.53. The van der Waals surface area contributed by atoms with Gasteiger partial charge in [0.05, 0.1) is 12.9 Å². The van der Waals surface area contributed by atoms with Crippen LogP contribution in [0, 0.1) is 0 Å². The van der Waals surface area contributed by atoms with Crippen LogP contribution < -0.4 is 10.7 Å². The van der Waals surface area contributed by atoms with Gasteiger partial charge in [-0.05, 0) is 18.2 Å². The van der Waals surface area contributed by atoms with Crippen molar-refractivity contribution in [2.75, 3.05) is 25.7 Å². The first-order valence-electron chi connectivity index (χ1n) is 5.55. The van der Waals surface area contributed by atoms with E-state index in [-0.39, 0.29) is 6.61 Å². The Balaban J connectivity index is 2.87. The third kappa shape index (κ3) is 6.33. The van der Waals surface area contributed by atoms with Gasteiger partial charge in [-0.2, -0.15) is 8.42 Å². The minimum absolute atomic E-state index is 0.157. The van der Waals surface area contributed by atoms with Crippen LogP contribution in [-0.2, 0) is 20.9 Å². The summed E-state index contributed by atoms with van der Waals surface area (Å²) in [7, 11) is -0.200. The zero-order valence-corrected chi connectivity index (χ0v) is 13.7. The normalized spacial score (nSPS) is 11.4. The molecular weight excluding hydrogens is 350 g/mol. The number of nitrogens with zero attached hydrogens (tertiary/aromatic N) is 1. The van der Waals surface area contributed by atoms with Gasteiger partial charge in [-0.25, -0.2) is 9.80 Å². The van der Waals surface area contributed by atoms with Crippen molar-refractivity contribution in [3.8, 4) is 0 Å². The first-order valence-corrected chi connectivity index (χ1v) is 8.16. The number of urea groups is 1. The van der Waals surface area contributed by atoms with Crippen LogP contribution in [0.4, 0.5) is 10.5 Å². The van der Waals surface area contributed by atoms with Gasteiger partial charge in [-0.15, -0.1) is 0 Å². The largest absolute Gasteiger partial charge is 0.333 e. The Bertz CT molecular complexity index is 589. The van der Waals surface area contributed by atoms with Gasteiger partial charge in [0.2, 0.25) is 0 Å². The molecule has 1 aromatic carbocycles. The minimum atomic E-state index is -3.55. The van der Waals surface area contributed by atoms with E-state index >= 15 is 0 Å². The molecule has 9 heteroatoms. The molecule has 1 rings (SSSR count). The summed E-state index contributed by atoms with van der Waals surface area (Å²) in [6.45, 7) is -0.157. The molecule has 0 aliphatic heterocycles. The molecule has 7 nitrogen and oxygen atoms in total. The first kappa shape index (κ1) is 16.9. The summed E-state index contributed by atoms with van der Waals surface area (Å²) < 4.78 is 27.6. The van der Waals surface area contributed by atoms with Crippen LogP contribution in [0.1, 0.15) is 5.56 Å². The van der Waals surface area contributed by atoms with Crippen LogP contribution in [0.5, 0.6) is 0 Å². The minimum Gasteiger partial charge on any atom is -0.307 e. The maximum Gasteiger partial charge on any atom is 0.333 e. The van der Waals surface area contributed by atoms with E-state index in [2.05, 4.69) is 26.7 Å². The molecule has 0 unspecified atom stereocenters. The first-order chi connectivity index (χ1) is 9.17. The van der Waals surface area contributed by atoms with E-state index < -0.39 is 16.1 Å². The van der Waals surface area contributed by atoms with Gasteiger partial charge in [-0.1, -0.05) is 15.9 Å². The number of halogens is 1. The van der Waals surface area contributed by atoms with Crippen LogP contribution >= 0.6 is 15.9 Å². The smallest absolute Gasteiger partial charge is 0.307 e. The fourth-order valence-electron chi connectivity index (χ4n) is 1.33. The highest BCUT2D eigenvalue weighted by molar-refractivity contribution is 9.10. The van der Waals surface area contributed by atoms with Gasteiger partial charge in [-0.3, -0.25) is 9.61 Å². The Morgan fingerprint density at radius 3 is 2.60 bits per heavy atom. The highest BCUT2D eigenvalue weighted by atomic mass is 79.9. The van der Waals surface area contributed by atoms with E-state index in [0.717, 1.165) is 10.7 Å². The van der Waals surface area contributed by atoms with E-state index in [9.17, 15) is 13.2 Å². The molecule has 0 radical (unpaired) electrons. The van der Waals surface area contributed by atoms with E-state index in [1.54, 1.807) is 32.3 Å². The Hall–Kier alpha value is -1.16. The average Bonchev–Trinajstić information content (AvgIpc) is 2.27. The number of anilines is 1. The molecule has 112 valence electrons. The summed E-state index contributed by atoms with van der Waals surface area (Å²) in [6.07, 6.45) is 0.969. The summed E-state index contributed by atoms with van der Waals surface area (Å²) in [4.78, 5) is 11.6. The lowest BCUT2D eigenvalue weighted by atomic mass is 10.2. The molecule has 20 heavy (non-hydrogen) atoms. The van der Waals surface area contributed by atoms with Crippen molar-refractivity contribution < 1.29 is 17.4 Å². The van der Waals surface area contributed by atoms with Gasteiger partial charge >= 0.3 is 6.03 Å². The fraction of sp³-hybridized carbons (Fsp3) is 0.364. The molecule has 0 saturated heterocycles. The molecule has 0 aliphatic rings. The predicted octanol–water partition coefficient (Wildman–Crippen LogP) is 1.52. The molecule has 0 heterocycles. The number of hydrazine groups is 1. The third-order valence-corrected chi connectivity index (χ3v) is 3.11. The maximum atomic E-state index is 11.6. The topological polar surface area (TPSA) is 87.7 Å². The lowest BCUT2D eigenvalue weighted by molar-refractivity contribution is 0.224. The van der Waals surface area contributed by atoms with Crippen LogP contribution in [0.2, 0.25) is 0 Å². The average molecular weight is 366 g/mol. The molecule has 0 atom stereocenters. The van der Waals surface area contributed by atoms with E-state index in [1.807, 2.05) is 0 Å². The molecule has 0 fully saturated rings. The van der Waals surface area contributed by atoms with Crippen molar-refractivity contribution in [1.82, 2.24) is 10.4 Å². The van der Waals surface area contributed by atoms with Crippen LogP contribution in [0.3, 0.4) is 0 Å². The molecule has 0 spiro atoms. The van der Waals surface area contributed by atoms with Gasteiger partial charge in [0.1, 0.15) is 0 Å². The lowest BCUT2D eigenvalue weighted by Crippen LogP contribution is -2.39. The van der Waals surface area contributed by atoms with Gasteiger partial charge < -0.3 is 5.32 Å². The molecule has 0 saturated carbocycles. The van der Waals surface area contributed by atoms with Crippen LogP contribution in [-0.4, -0.2) is 39.8 Å². The van der Waals surface area contributed by atoms with E-state index in [4.69, 9.17) is 4.18 Å². The summed E-state index contributed by atoms with van der Waals surface area (Å²) in [5, 5.41) is 4.10. The number of carbonyl (C=O) groups is 1. The lowest BCUT2D eigenvalue weighted by Gasteiger charge is -2.15. The molecule has 1 aromatic rings. The zero-order chi connectivity index (χ0) is 15.3. The highest BCUT2D eigenvalue weighted by Crippen LogP contribution is 2.22. The van der Waals surface area contributed by atoms with Crippen molar-refractivity contribution in [3.63, 3.8) is 0 Å². The predicted molar refractivity (Wildman–Crippen MR) is 79.6 cm³/mol. The van der Waals surface area contributed by atoms with E-state index in [1.165, 1.54) is 5.01 Å². The Morgan fingerprint density at radius 1 is 1.40 bits per heavy atom. The third-order valence-electron chi connectivity index (χ3n) is 2.07. The number of hydrogen-bond donors (Lipinski definition) is 2. The van der Waals surface area contributed by atoms with Gasteiger partial charge in [0.25, 0.3) is 10.1 Å². The molecule has 2 amide bonds. The molecule has 0 aliphatic carbocycles. The summed E-state index contributed by atoms with van der Waals surface area (Å²) in [6, 6.07) is 4.63. The number of benzene rings is 1. The van der Waals surface area contributed by atoms with Crippen molar-refractivity contribution >= 4 is 37.8 Å². The number of rotatable bonds is 5. The highest BCUT2D eigenvalue weighted by Gasteiger charge is 2.10. The Kier molecular flexibility index (Phi) is 5.93. The van der Waals surface area contributed by atoms with Crippen molar-refractivity contribution in [2.45, 2.75) is 6.61 Å². The quantitative estimate of drug-likeness (QED) is 0.610. The number of hydrogen-bond acceptors (Lipinski definition) is 5. The SMILES string of the molecule is CN(C)NC(=O)Nc1ccc(Br)cc1COS(C)(=O)=O. The van der Waals surface area contributed by atoms with Crippen LogP contribution in [0.25, 0.3) is 0 Å². The zero-order valence-electron chi connectivity index (χ0n) is 11.3. The van der Waals surface area contributed by atoms with Crippen molar-refractivity contribution in [2.24, 2.45) is 0 Å². The number of amides is 2. The van der Waals surface area contributed by atoms with Crippen molar-refractivity contribution in [3.05, 3.63) is 28.2 Å². The fourth-order valence-corrected chi connectivity index (χ4v) is 2.08. The Labute approximate surface area is 126 Å². The molecule has 2 N–H and O–H groups in total. The van der Waals surface area contributed by atoms with Gasteiger partial charge in [0, 0.05) is 29.8 Å². The van der Waals surface area contributed by atoms with Crippen LogP contribution in [0.15, 0.2) is 22.7 Å². The standard InChI is InChI=1S/C11H16BrN3O4S/c1-15(2)14-11(16)13-10-5-4-9(12)6-8(10)7-19-20(3,17)18/h4-6H,7H2,1-3H3,(H2,13,14,16).